The first-order valence-corrected chi connectivity index (χ1v) is 8.30. The van der Waals surface area contributed by atoms with E-state index in [0.29, 0.717) is 26.2 Å². The molecule has 0 spiro atoms. The van der Waals surface area contributed by atoms with Crippen molar-refractivity contribution in [2.45, 2.75) is 18.9 Å². The summed E-state index contributed by atoms with van der Waals surface area (Å²) in [6.07, 6.45) is 1.43. The van der Waals surface area contributed by atoms with E-state index in [2.05, 4.69) is 15.9 Å². The summed E-state index contributed by atoms with van der Waals surface area (Å²) in [5.41, 5.74) is 0. The Morgan fingerprint density at radius 3 is 2.65 bits per heavy atom. The van der Waals surface area contributed by atoms with Gasteiger partial charge in [-0.1, -0.05) is 0 Å². The molecule has 20 heavy (non-hydrogen) atoms. The molecule has 0 radical (unpaired) electrons. The summed E-state index contributed by atoms with van der Waals surface area (Å²) < 4.78 is 5.83. The molecule has 0 unspecified atom stereocenters. The lowest BCUT2D eigenvalue weighted by Crippen LogP contribution is -2.47. The number of likely N-dealkylation sites (tertiary alicyclic amines) is 1. The Morgan fingerprint density at radius 2 is 2.10 bits per heavy atom. The molecule has 0 atom stereocenters. The van der Waals surface area contributed by atoms with Gasteiger partial charge < -0.3 is 14.5 Å². The SMILES string of the molecule is O=C(c1sccc1Br)N1CCC(N2CCOC2=O)CC1. The molecule has 2 saturated heterocycles. The first kappa shape index (κ1) is 13.9. The molecule has 7 heteroatoms. The Kier molecular flexibility index (Phi) is 3.98. The number of cyclic esters (lactones) is 1. The van der Waals surface area contributed by atoms with Crippen LogP contribution in [-0.2, 0) is 4.74 Å². The van der Waals surface area contributed by atoms with Gasteiger partial charge in [-0.05, 0) is 40.2 Å². The molecule has 108 valence electrons. The van der Waals surface area contributed by atoms with E-state index in [1.165, 1.54) is 11.3 Å². The molecule has 2 aliphatic rings. The number of hydrogen-bond acceptors (Lipinski definition) is 4. The van der Waals surface area contributed by atoms with Crippen molar-refractivity contribution >= 4 is 39.3 Å². The zero-order valence-electron chi connectivity index (χ0n) is 10.9. The molecule has 2 amide bonds. The molecule has 0 N–H and O–H groups in total. The molecule has 1 aromatic rings. The minimum absolute atomic E-state index is 0.0781. The molecule has 1 aromatic heterocycles. The minimum atomic E-state index is -0.212. The van der Waals surface area contributed by atoms with Crippen LogP contribution in [0.25, 0.3) is 0 Å². The second kappa shape index (κ2) is 5.73. The number of carbonyl (C=O) groups is 2. The highest BCUT2D eigenvalue weighted by atomic mass is 79.9. The standard InChI is InChI=1S/C13H15BrN2O3S/c14-10-3-8-20-11(10)12(17)15-4-1-9(2-5-15)16-6-7-19-13(16)18/h3,8-9H,1-2,4-7H2. The summed E-state index contributed by atoms with van der Waals surface area (Å²) in [4.78, 5) is 28.3. The van der Waals surface area contributed by atoms with Gasteiger partial charge in [0.25, 0.3) is 5.91 Å². The van der Waals surface area contributed by atoms with Gasteiger partial charge in [0.15, 0.2) is 0 Å². The molecule has 5 nitrogen and oxygen atoms in total. The van der Waals surface area contributed by atoms with Crippen LogP contribution < -0.4 is 0 Å². The number of carbonyl (C=O) groups excluding carboxylic acids is 2. The lowest BCUT2D eigenvalue weighted by molar-refractivity contribution is 0.0662. The second-order valence-electron chi connectivity index (χ2n) is 4.93. The van der Waals surface area contributed by atoms with Crippen LogP contribution in [0.15, 0.2) is 15.9 Å². The van der Waals surface area contributed by atoms with Crippen molar-refractivity contribution in [3.63, 3.8) is 0 Å². The van der Waals surface area contributed by atoms with Gasteiger partial charge >= 0.3 is 6.09 Å². The van der Waals surface area contributed by atoms with Crippen LogP contribution in [0.5, 0.6) is 0 Å². The summed E-state index contributed by atoms with van der Waals surface area (Å²) in [5.74, 6) is 0.0781. The Morgan fingerprint density at radius 1 is 1.35 bits per heavy atom. The van der Waals surface area contributed by atoms with Crippen LogP contribution >= 0.6 is 27.3 Å². The highest BCUT2D eigenvalue weighted by Gasteiger charge is 2.33. The summed E-state index contributed by atoms with van der Waals surface area (Å²) >= 11 is 4.86. The normalized spacial score (nSPS) is 20.4. The molecule has 0 bridgehead atoms. The smallest absolute Gasteiger partial charge is 0.410 e. The fourth-order valence-electron chi connectivity index (χ4n) is 2.71. The van der Waals surface area contributed by atoms with Crippen molar-refractivity contribution in [2.75, 3.05) is 26.2 Å². The van der Waals surface area contributed by atoms with Crippen LogP contribution in [-0.4, -0.2) is 54.1 Å². The minimum Gasteiger partial charge on any atom is -0.448 e. The second-order valence-corrected chi connectivity index (χ2v) is 6.70. The predicted molar refractivity (Wildman–Crippen MR) is 79.0 cm³/mol. The third kappa shape index (κ3) is 2.56. The van der Waals surface area contributed by atoms with Crippen molar-refractivity contribution < 1.29 is 14.3 Å². The average Bonchev–Trinajstić information content (AvgIpc) is 3.07. The summed E-state index contributed by atoms with van der Waals surface area (Å²) in [7, 11) is 0. The fraction of sp³-hybridized carbons (Fsp3) is 0.538. The maximum Gasteiger partial charge on any atom is 0.410 e. The fourth-order valence-corrected chi connectivity index (χ4v) is 4.22. The molecule has 0 saturated carbocycles. The lowest BCUT2D eigenvalue weighted by Gasteiger charge is -2.35. The van der Waals surface area contributed by atoms with Crippen molar-refractivity contribution in [1.29, 1.82) is 0 Å². The molecule has 2 fully saturated rings. The zero-order valence-corrected chi connectivity index (χ0v) is 13.3. The number of piperidine rings is 1. The molecule has 3 heterocycles. The Labute approximate surface area is 129 Å². The van der Waals surface area contributed by atoms with Gasteiger partial charge in [-0.3, -0.25) is 4.79 Å². The van der Waals surface area contributed by atoms with Gasteiger partial charge in [0.2, 0.25) is 0 Å². The predicted octanol–water partition coefficient (Wildman–Crippen LogP) is 2.57. The third-order valence-electron chi connectivity index (χ3n) is 3.80. The van der Waals surface area contributed by atoms with Gasteiger partial charge in [0.1, 0.15) is 11.5 Å². The maximum absolute atomic E-state index is 12.4. The van der Waals surface area contributed by atoms with Crippen LogP contribution in [0.1, 0.15) is 22.5 Å². The quantitative estimate of drug-likeness (QED) is 0.816. The van der Waals surface area contributed by atoms with Crippen LogP contribution in [0.4, 0.5) is 4.79 Å². The van der Waals surface area contributed by atoms with Gasteiger partial charge in [0, 0.05) is 23.6 Å². The van der Waals surface area contributed by atoms with Crippen LogP contribution in [0.3, 0.4) is 0 Å². The van der Waals surface area contributed by atoms with Crippen molar-refractivity contribution in [3.8, 4) is 0 Å². The van der Waals surface area contributed by atoms with E-state index in [1.807, 2.05) is 16.3 Å². The number of thiophene rings is 1. The number of ether oxygens (including phenoxy) is 1. The highest BCUT2D eigenvalue weighted by molar-refractivity contribution is 9.10. The Hall–Kier alpha value is -1.08. The number of nitrogens with zero attached hydrogens (tertiary/aromatic N) is 2. The summed E-state index contributed by atoms with van der Waals surface area (Å²) in [5, 5.41) is 1.91. The number of amides is 2. The number of rotatable bonds is 2. The molecule has 0 aliphatic carbocycles. The van der Waals surface area contributed by atoms with E-state index in [-0.39, 0.29) is 18.0 Å². The largest absolute Gasteiger partial charge is 0.448 e. The summed E-state index contributed by atoms with van der Waals surface area (Å²) in [6, 6.07) is 2.10. The molecular formula is C13H15BrN2O3S. The molecule has 3 rings (SSSR count). The topological polar surface area (TPSA) is 49.9 Å². The summed E-state index contributed by atoms with van der Waals surface area (Å²) in [6.45, 7) is 2.54. The maximum atomic E-state index is 12.4. The van der Waals surface area contributed by atoms with E-state index < -0.39 is 0 Å². The van der Waals surface area contributed by atoms with Gasteiger partial charge in [-0.25, -0.2) is 4.79 Å². The van der Waals surface area contributed by atoms with Crippen LogP contribution in [0.2, 0.25) is 0 Å². The number of halogens is 1. The van der Waals surface area contributed by atoms with Gasteiger partial charge in [-0.15, -0.1) is 11.3 Å². The lowest BCUT2D eigenvalue weighted by atomic mass is 10.0. The molecule has 2 aliphatic heterocycles. The first-order valence-electron chi connectivity index (χ1n) is 6.62. The van der Waals surface area contributed by atoms with Crippen molar-refractivity contribution in [2.24, 2.45) is 0 Å². The monoisotopic (exact) mass is 358 g/mol. The van der Waals surface area contributed by atoms with Gasteiger partial charge in [-0.2, -0.15) is 0 Å². The third-order valence-corrected chi connectivity index (χ3v) is 5.62. The Balaban J connectivity index is 1.60. The molecular weight excluding hydrogens is 344 g/mol. The van der Waals surface area contributed by atoms with Crippen molar-refractivity contribution in [3.05, 3.63) is 20.8 Å². The molecule has 0 aromatic carbocycles. The van der Waals surface area contributed by atoms with Gasteiger partial charge in [0.05, 0.1) is 6.54 Å². The highest BCUT2D eigenvalue weighted by Crippen LogP contribution is 2.26. The van der Waals surface area contributed by atoms with E-state index in [1.54, 1.807) is 4.90 Å². The zero-order chi connectivity index (χ0) is 14.1. The van der Waals surface area contributed by atoms with E-state index >= 15 is 0 Å². The van der Waals surface area contributed by atoms with E-state index in [4.69, 9.17) is 4.74 Å². The van der Waals surface area contributed by atoms with Crippen LogP contribution in [0, 0.1) is 0 Å². The van der Waals surface area contributed by atoms with E-state index in [0.717, 1.165) is 22.2 Å². The van der Waals surface area contributed by atoms with Crippen molar-refractivity contribution in [1.82, 2.24) is 9.80 Å². The van der Waals surface area contributed by atoms with E-state index in [9.17, 15) is 9.59 Å². The Bertz CT molecular complexity index is 525. The first-order chi connectivity index (χ1) is 9.66. The average molecular weight is 359 g/mol. The number of hydrogen-bond donors (Lipinski definition) is 0.